The van der Waals surface area contributed by atoms with E-state index in [2.05, 4.69) is 5.32 Å². The van der Waals surface area contributed by atoms with Gasteiger partial charge in [0.25, 0.3) is 0 Å². The predicted molar refractivity (Wildman–Crippen MR) is 69.0 cm³/mol. The zero-order valence-corrected chi connectivity index (χ0v) is 10.8. The molecule has 0 radical (unpaired) electrons. The molecule has 1 unspecified atom stereocenters. The number of halogens is 1. The van der Waals surface area contributed by atoms with Crippen molar-refractivity contribution >= 4 is 11.6 Å². The number of phenolic OH excluding ortho intramolecular Hbond substituents is 1. The highest BCUT2D eigenvalue weighted by molar-refractivity contribution is 6.32. The van der Waals surface area contributed by atoms with E-state index in [9.17, 15) is 5.11 Å². The van der Waals surface area contributed by atoms with Gasteiger partial charge in [-0.1, -0.05) is 24.1 Å². The lowest BCUT2D eigenvalue weighted by Gasteiger charge is -2.24. The Labute approximate surface area is 107 Å². The molecule has 3 nitrogen and oxygen atoms in total. The Hall–Kier alpha value is -0.930. The van der Waals surface area contributed by atoms with Crippen molar-refractivity contribution in [3.05, 3.63) is 22.7 Å². The van der Waals surface area contributed by atoms with E-state index in [1.54, 1.807) is 13.2 Å². The minimum Gasteiger partial charge on any atom is -0.503 e. The molecule has 2 N–H and O–H groups in total. The van der Waals surface area contributed by atoms with Crippen molar-refractivity contribution in [3.63, 3.8) is 0 Å². The molecular formula is C13H18ClNO2. The average molecular weight is 256 g/mol. The van der Waals surface area contributed by atoms with Gasteiger partial charge in [0, 0.05) is 6.04 Å². The van der Waals surface area contributed by atoms with Gasteiger partial charge in [0.15, 0.2) is 11.5 Å². The zero-order valence-electron chi connectivity index (χ0n) is 10.0. The second-order valence-corrected chi connectivity index (χ2v) is 4.85. The third-order valence-corrected chi connectivity index (χ3v) is 3.55. The summed E-state index contributed by atoms with van der Waals surface area (Å²) in [7, 11) is 1.56. The molecule has 1 saturated heterocycles. The lowest BCUT2D eigenvalue weighted by Crippen LogP contribution is -2.35. The molecule has 0 aliphatic carbocycles. The largest absolute Gasteiger partial charge is 0.503 e. The van der Waals surface area contributed by atoms with Crippen LogP contribution in [0.4, 0.5) is 0 Å². The van der Waals surface area contributed by atoms with Crippen LogP contribution < -0.4 is 10.1 Å². The highest BCUT2D eigenvalue weighted by Crippen LogP contribution is 2.37. The molecule has 0 saturated carbocycles. The van der Waals surface area contributed by atoms with Gasteiger partial charge < -0.3 is 15.2 Å². The van der Waals surface area contributed by atoms with Gasteiger partial charge in [-0.15, -0.1) is 0 Å². The molecule has 0 amide bonds. The maximum atomic E-state index is 9.83. The number of hydrogen-bond donors (Lipinski definition) is 2. The molecule has 1 atom stereocenters. The van der Waals surface area contributed by atoms with E-state index in [1.807, 2.05) is 6.07 Å². The quantitative estimate of drug-likeness (QED) is 0.873. The molecule has 1 aromatic rings. The van der Waals surface area contributed by atoms with Crippen LogP contribution in [-0.2, 0) is 6.42 Å². The predicted octanol–water partition coefficient (Wildman–Crippen LogP) is 2.74. The van der Waals surface area contributed by atoms with E-state index in [-0.39, 0.29) is 5.75 Å². The van der Waals surface area contributed by atoms with Crippen LogP contribution in [0, 0.1) is 0 Å². The van der Waals surface area contributed by atoms with E-state index < -0.39 is 0 Å². The second kappa shape index (κ2) is 5.61. The molecule has 1 heterocycles. The van der Waals surface area contributed by atoms with E-state index in [1.165, 1.54) is 19.3 Å². The summed E-state index contributed by atoms with van der Waals surface area (Å²) in [4.78, 5) is 0. The normalized spacial score (nSPS) is 20.2. The molecule has 2 rings (SSSR count). The van der Waals surface area contributed by atoms with Gasteiger partial charge in [0.1, 0.15) is 0 Å². The van der Waals surface area contributed by atoms with Gasteiger partial charge >= 0.3 is 0 Å². The van der Waals surface area contributed by atoms with Crippen LogP contribution >= 0.6 is 11.6 Å². The van der Waals surface area contributed by atoms with Crippen molar-refractivity contribution in [2.24, 2.45) is 0 Å². The fraction of sp³-hybridized carbons (Fsp3) is 0.538. The number of hydrogen-bond acceptors (Lipinski definition) is 3. The molecule has 1 fully saturated rings. The summed E-state index contributed by atoms with van der Waals surface area (Å²) < 4.78 is 5.24. The Morgan fingerprint density at radius 1 is 1.47 bits per heavy atom. The maximum absolute atomic E-state index is 9.83. The third-order valence-electron chi connectivity index (χ3n) is 3.25. The first-order chi connectivity index (χ1) is 8.22. The Bertz CT molecular complexity index is 389. The summed E-state index contributed by atoms with van der Waals surface area (Å²) in [6.07, 6.45) is 4.56. The molecule has 1 aliphatic rings. The van der Waals surface area contributed by atoms with E-state index >= 15 is 0 Å². The summed E-state index contributed by atoms with van der Waals surface area (Å²) in [6, 6.07) is 4.12. The minimum atomic E-state index is 0.0440. The first-order valence-electron chi connectivity index (χ1n) is 6.00. The summed E-state index contributed by atoms with van der Waals surface area (Å²) in [5, 5.41) is 13.6. The molecule has 4 heteroatoms. The molecule has 0 spiro atoms. The first kappa shape index (κ1) is 12.5. The molecule has 0 bridgehead atoms. The number of methoxy groups -OCH3 is 1. The third kappa shape index (κ3) is 2.85. The topological polar surface area (TPSA) is 41.5 Å². The highest BCUT2D eigenvalue weighted by atomic mass is 35.5. The maximum Gasteiger partial charge on any atom is 0.177 e. The first-order valence-corrected chi connectivity index (χ1v) is 6.38. The van der Waals surface area contributed by atoms with Crippen molar-refractivity contribution in [2.75, 3.05) is 13.7 Å². The number of piperidine rings is 1. The van der Waals surface area contributed by atoms with Crippen molar-refractivity contribution < 1.29 is 9.84 Å². The monoisotopic (exact) mass is 255 g/mol. The van der Waals surface area contributed by atoms with Gasteiger partial charge in [0.2, 0.25) is 0 Å². The Kier molecular flexibility index (Phi) is 4.13. The van der Waals surface area contributed by atoms with Gasteiger partial charge in [-0.25, -0.2) is 0 Å². The van der Waals surface area contributed by atoms with Crippen LogP contribution in [0.25, 0.3) is 0 Å². The Morgan fingerprint density at radius 2 is 2.29 bits per heavy atom. The van der Waals surface area contributed by atoms with Gasteiger partial charge in [-0.05, 0) is 37.4 Å². The molecule has 17 heavy (non-hydrogen) atoms. The Balaban J connectivity index is 2.17. The van der Waals surface area contributed by atoms with E-state index in [4.69, 9.17) is 16.3 Å². The highest BCUT2D eigenvalue weighted by Gasteiger charge is 2.18. The van der Waals surface area contributed by atoms with Crippen LogP contribution in [0.3, 0.4) is 0 Å². The number of ether oxygens (including phenoxy) is 1. The van der Waals surface area contributed by atoms with Crippen molar-refractivity contribution in [3.8, 4) is 11.5 Å². The van der Waals surface area contributed by atoms with Crippen LogP contribution in [0.1, 0.15) is 24.8 Å². The molecule has 94 valence electrons. The van der Waals surface area contributed by atoms with Gasteiger partial charge in [-0.2, -0.15) is 0 Å². The number of phenols is 1. The van der Waals surface area contributed by atoms with Crippen LogP contribution in [-0.4, -0.2) is 24.8 Å². The zero-order chi connectivity index (χ0) is 12.3. The summed E-state index contributed by atoms with van der Waals surface area (Å²) in [5.41, 5.74) is 1.01. The molecule has 0 aromatic heterocycles. The van der Waals surface area contributed by atoms with Gasteiger partial charge in [0.05, 0.1) is 12.1 Å². The number of benzene rings is 1. The summed E-state index contributed by atoms with van der Waals surface area (Å²) in [6.45, 7) is 1.08. The minimum absolute atomic E-state index is 0.0440. The number of rotatable bonds is 3. The fourth-order valence-electron chi connectivity index (χ4n) is 2.34. The van der Waals surface area contributed by atoms with Crippen LogP contribution in [0.5, 0.6) is 11.5 Å². The number of aromatic hydroxyl groups is 1. The van der Waals surface area contributed by atoms with Crippen molar-refractivity contribution in [1.82, 2.24) is 5.32 Å². The second-order valence-electron chi connectivity index (χ2n) is 4.44. The standard InChI is InChI=1S/C13H18ClNO2/c1-17-13-9(5-6-11(14)12(13)16)8-10-4-2-3-7-15-10/h5-6,10,15-16H,2-4,7-8H2,1H3. The van der Waals surface area contributed by atoms with Crippen molar-refractivity contribution in [1.29, 1.82) is 0 Å². The average Bonchev–Trinajstić information content (AvgIpc) is 2.36. The van der Waals surface area contributed by atoms with E-state index in [0.717, 1.165) is 18.5 Å². The fourth-order valence-corrected chi connectivity index (χ4v) is 2.49. The van der Waals surface area contributed by atoms with Crippen LogP contribution in [0.2, 0.25) is 5.02 Å². The van der Waals surface area contributed by atoms with Gasteiger partial charge in [-0.3, -0.25) is 0 Å². The molecular weight excluding hydrogens is 238 g/mol. The SMILES string of the molecule is COc1c(CC2CCCCN2)ccc(Cl)c1O. The smallest absolute Gasteiger partial charge is 0.177 e. The lowest BCUT2D eigenvalue weighted by atomic mass is 9.97. The summed E-state index contributed by atoms with van der Waals surface area (Å²) >= 11 is 5.86. The van der Waals surface area contributed by atoms with E-state index in [0.29, 0.717) is 16.8 Å². The molecule has 1 aliphatic heterocycles. The molecule has 1 aromatic carbocycles. The lowest BCUT2D eigenvalue weighted by molar-refractivity contribution is 0.359. The summed E-state index contributed by atoms with van der Waals surface area (Å²) in [5.74, 6) is 0.548. The van der Waals surface area contributed by atoms with Crippen LogP contribution in [0.15, 0.2) is 12.1 Å². The number of nitrogens with one attached hydrogen (secondary N) is 1. The van der Waals surface area contributed by atoms with Crippen molar-refractivity contribution in [2.45, 2.75) is 31.7 Å². The Morgan fingerprint density at radius 3 is 2.94 bits per heavy atom.